The highest BCUT2D eigenvalue weighted by atomic mass is 16.5. The number of anilines is 1. The van der Waals surface area contributed by atoms with Crippen LogP contribution >= 0.6 is 0 Å². The largest absolute Gasteiger partial charge is 0.508 e. The Bertz CT molecular complexity index is 1530. The lowest BCUT2D eigenvalue weighted by Gasteiger charge is -2.53. The first-order chi connectivity index (χ1) is 21.7. The minimum Gasteiger partial charge on any atom is -0.508 e. The molecular formula is C33H45N5O8. The van der Waals surface area contributed by atoms with Gasteiger partial charge in [-0.25, -0.2) is 0 Å². The molecule has 2 aliphatic heterocycles. The third-order valence-electron chi connectivity index (χ3n) is 10.7. The minimum absolute atomic E-state index is 0.0213. The summed E-state index contributed by atoms with van der Waals surface area (Å²) in [5, 5.41) is 46.4. The van der Waals surface area contributed by atoms with Gasteiger partial charge in [-0.15, -0.1) is 0 Å². The molecule has 0 bridgehead atoms. The maximum atomic E-state index is 14.4. The van der Waals surface area contributed by atoms with Crippen molar-refractivity contribution in [2.45, 2.75) is 43.1 Å². The van der Waals surface area contributed by atoms with Gasteiger partial charge in [-0.3, -0.25) is 19.3 Å². The third kappa shape index (κ3) is 4.91. The van der Waals surface area contributed by atoms with Crippen molar-refractivity contribution >= 4 is 28.9 Å². The number of nitrogens with zero attached hydrogens (tertiary/aromatic N) is 4. The fourth-order valence-corrected chi connectivity index (χ4v) is 8.36. The Labute approximate surface area is 268 Å². The van der Waals surface area contributed by atoms with Gasteiger partial charge in [-0.2, -0.15) is 0 Å². The van der Waals surface area contributed by atoms with E-state index in [0.29, 0.717) is 29.0 Å². The molecule has 0 radical (unpaired) electrons. The fraction of sp³-hybridized carbons (Fsp3) is 0.606. The molecule has 250 valence electrons. The van der Waals surface area contributed by atoms with Crippen molar-refractivity contribution in [1.82, 2.24) is 14.7 Å². The molecular weight excluding hydrogens is 594 g/mol. The van der Waals surface area contributed by atoms with Crippen LogP contribution in [0.3, 0.4) is 0 Å². The Morgan fingerprint density at radius 3 is 2.41 bits per heavy atom. The summed E-state index contributed by atoms with van der Waals surface area (Å²) in [5.41, 5.74) is 4.29. The van der Waals surface area contributed by atoms with Crippen LogP contribution in [-0.2, 0) is 20.7 Å². The number of phenolic OH excluding ortho intramolecular Hbond substituents is 1. The number of aliphatic hydroxyl groups is 3. The predicted octanol–water partition coefficient (Wildman–Crippen LogP) is -0.271. The second-order valence-corrected chi connectivity index (χ2v) is 14.0. The number of nitrogens with two attached hydrogens (primary N) is 1. The Hall–Kier alpha value is -3.49. The van der Waals surface area contributed by atoms with Gasteiger partial charge in [0.25, 0.3) is 0 Å². The number of aromatic hydroxyl groups is 1. The molecule has 13 heteroatoms. The Morgan fingerprint density at radius 2 is 1.80 bits per heavy atom. The molecule has 13 nitrogen and oxygen atoms in total. The number of allylic oxidation sites excluding steroid dienone is 1. The molecule has 5 aliphatic rings. The van der Waals surface area contributed by atoms with Crippen molar-refractivity contribution in [2.75, 3.05) is 72.9 Å². The zero-order valence-electron chi connectivity index (χ0n) is 27.1. The Kier molecular flexibility index (Phi) is 8.21. The van der Waals surface area contributed by atoms with E-state index >= 15 is 0 Å². The normalized spacial score (nSPS) is 33.3. The highest BCUT2D eigenvalue weighted by Gasteiger charge is 2.66. The topological polar surface area (TPSA) is 180 Å². The maximum Gasteiger partial charge on any atom is 0.230 e. The van der Waals surface area contributed by atoms with Gasteiger partial charge in [-0.1, -0.05) is 0 Å². The number of primary amides is 1. The molecule has 0 spiro atoms. The molecule has 1 saturated heterocycles. The lowest BCUT2D eigenvalue weighted by Crippen LogP contribution is -2.71. The van der Waals surface area contributed by atoms with Crippen LogP contribution in [-0.4, -0.2) is 144 Å². The number of fused-ring (bicyclic) bond motifs is 3. The van der Waals surface area contributed by atoms with Crippen LogP contribution in [0.5, 0.6) is 5.75 Å². The number of hydrogen-bond acceptors (Lipinski definition) is 12. The summed E-state index contributed by atoms with van der Waals surface area (Å²) in [6.07, 6.45) is 1.23. The molecule has 46 heavy (non-hydrogen) atoms. The van der Waals surface area contributed by atoms with Crippen LogP contribution in [0.1, 0.15) is 34.3 Å². The van der Waals surface area contributed by atoms with Crippen molar-refractivity contribution in [3.8, 4) is 5.75 Å². The molecule has 2 fully saturated rings. The molecule has 1 saturated carbocycles. The van der Waals surface area contributed by atoms with E-state index in [4.69, 9.17) is 10.5 Å². The molecule has 1 aromatic rings. The van der Waals surface area contributed by atoms with Crippen LogP contribution in [0.15, 0.2) is 23.5 Å². The number of piperazine rings is 1. The van der Waals surface area contributed by atoms with Crippen molar-refractivity contribution < 1.29 is 39.5 Å². The van der Waals surface area contributed by atoms with Gasteiger partial charge in [0.1, 0.15) is 29.3 Å². The first-order valence-corrected chi connectivity index (χ1v) is 15.9. The van der Waals surface area contributed by atoms with Gasteiger partial charge < -0.3 is 45.6 Å². The summed E-state index contributed by atoms with van der Waals surface area (Å²) in [6.45, 7) is 4.59. The number of hydrogen-bond donors (Lipinski definition) is 5. The van der Waals surface area contributed by atoms with E-state index in [1.54, 1.807) is 19.0 Å². The van der Waals surface area contributed by atoms with Gasteiger partial charge in [0.05, 0.1) is 17.2 Å². The van der Waals surface area contributed by atoms with Crippen molar-refractivity contribution in [3.05, 3.63) is 40.2 Å². The van der Waals surface area contributed by atoms with Gasteiger partial charge in [-0.05, 0) is 57.6 Å². The summed E-state index contributed by atoms with van der Waals surface area (Å²) < 4.78 is 6.32. The monoisotopic (exact) mass is 639 g/mol. The molecule has 3 aliphatic carbocycles. The second-order valence-electron chi connectivity index (χ2n) is 14.0. The molecule has 6 rings (SSSR count). The number of Topliss-reactive ketones (excluding diaryl/α,β-unsaturated/α-hetero) is 2. The summed E-state index contributed by atoms with van der Waals surface area (Å²) in [7, 11) is 9.06. The van der Waals surface area contributed by atoms with E-state index in [1.165, 1.54) is 0 Å². The average molecular weight is 640 g/mol. The molecule has 1 aromatic carbocycles. The van der Waals surface area contributed by atoms with Crippen LogP contribution < -0.4 is 10.6 Å². The fourth-order valence-electron chi connectivity index (χ4n) is 8.36. The smallest absolute Gasteiger partial charge is 0.230 e. The van der Waals surface area contributed by atoms with E-state index in [1.807, 2.05) is 31.1 Å². The third-order valence-corrected chi connectivity index (χ3v) is 10.7. The van der Waals surface area contributed by atoms with E-state index < -0.39 is 58.7 Å². The summed E-state index contributed by atoms with van der Waals surface area (Å²) in [4.78, 5) is 48.4. The van der Waals surface area contributed by atoms with Gasteiger partial charge >= 0.3 is 0 Å². The molecule has 7 atom stereocenters. The number of ether oxygens (including phenoxy) is 1. The number of amides is 1. The van der Waals surface area contributed by atoms with Crippen LogP contribution in [0, 0.1) is 17.8 Å². The molecule has 1 amide bonds. The maximum absolute atomic E-state index is 14.4. The van der Waals surface area contributed by atoms with E-state index in [2.05, 4.69) is 16.8 Å². The zero-order chi connectivity index (χ0) is 33.4. The SMILES string of the molecule is CN1CCN(CC2CC=C(c3cc(N(C)C)c4c(c3O)C(=O)C3=C(O)[C@]5(O)C(=O)C(C(N)=O)C(O)[C@@H](N(C)C)[C@@H]5C[C@@H]3C4)O2)CC1. The molecule has 6 N–H and O–H groups in total. The number of phenols is 1. The number of benzene rings is 1. The van der Waals surface area contributed by atoms with E-state index in [0.717, 1.165) is 32.7 Å². The molecule has 3 unspecified atom stereocenters. The van der Waals surface area contributed by atoms with Crippen LogP contribution in [0.2, 0.25) is 0 Å². The number of ketones is 2. The lowest BCUT2D eigenvalue weighted by molar-refractivity contribution is -0.178. The van der Waals surface area contributed by atoms with Gasteiger partial charge in [0.15, 0.2) is 17.2 Å². The first kappa shape index (κ1) is 32.5. The van der Waals surface area contributed by atoms with Crippen molar-refractivity contribution in [3.63, 3.8) is 0 Å². The second kappa shape index (κ2) is 11.6. The minimum atomic E-state index is -2.63. The average Bonchev–Trinajstić information content (AvgIpc) is 3.44. The quantitative estimate of drug-likeness (QED) is 0.258. The summed E-state index contributed by atoms with van der Waals surface area (Å²) >= 11 is 0. The van der Waals surface area contributed by atoms with Crippen LogP contribution in [0.25, 0.3) is 5.76 Å². The zero-order valence-corrected chi connectivity index (χ0v) is 27.1. The predicted molar refractivity (Wildman–Crippen MR) is 169 cm³/mol. The highest BCUT2D eigenvalue weighted by molar-refractivity contribution is 6.16. The standard InChI is InChI=1S/C33H45N5O8/c1-35(2)21-14-19(22-7-6-17(46-22)15-38-10-8-37(5)9-11-38)27(39)24-18(21)12-16-13-20-26(36(3)4)29(41)25(32(34)44)31(43)33(20,45)30(42)23(16)28(24)40/h7,14,16-17,20,25-26,29,39,41-42,45H,6,8-13,15H2,1-5H3,(H2,34,44)/t16-,17?,20-,25?,26-,29?,33-/m0/s1. The highest BCUT2D eigenvalue weighted by Crippen LogP contribution is 2.54. The van der Waals surface area contributed by atoms with E-state index in [9.17, 15) is 34.8 Å². The Morgan fingerprint density at radius 1 is 1.13 bits per heavy atom. The molecule has 2 heterocycles. The molecule has 0 aromatic heterocycles. The first-order valence-electron chi connectivity index (χ1n) is 15.9. The summed E-state index contributed by atoms with van der Waals surface area (Å²) in [5.74, 6) is -7.11. The number of carbonyl (C=O) groups excluding carboxylic acids is 3. The van der Waals surface area contributed by atoms with Crippen LogP contribution in [0.4, 0.5) is 5.69 Å². The number of aliphatic hydroxyl groups excluding tert-OH is 2. The van der Waals surface area contributed by atoms with Crippen molar-refractivity contribution in [2.24, 2.45) is 23.5 Å². The van der Waals surface area contributed by atoms with E-state index in [-0.39, 0.29) is 35.8 Å². The van der Waals surface area contributed by atoms with Gasteiger partial charge in [0.2, 0.25) is 5.91 Å². The Balaban J connectivity index is 1.39. The number of carbonyl (C=O) groups is 3. The lowest BCUT2D eigenvalue weighted by atomic mass is 9.56. The number of likely N-dealkylation sites (N-methyl/N-ethyl adjacent to an activating group) is 2. The number of rotatable bonds is 6. The van der Waals surface area contributed by atoms with Gasteiger partial charge in [0, 0.05) is 76.5 Å². The summed E-state index contributed by atoms with van der Waals surface area (Å²) in [6, 6.07) is 0.891. The van der Waals surface area contributed by atoms with Crippen molar-refractivity contribution in [1.29, 1.82) is 0 Å².